The van der Waals surface area contributed by atoms with Gasteiger partial charge in [0.1, 0.15) is 5.75 Å². The van der Waals surface area contributed by atoms with Gasteiger partial charge >= 0.3 is 0 Å². The fraction of sp³-hybridized carbons (Fsp3) is 0.562. The number of ether oxygens (including phenoxy) is 1. The van der Waals surface area contributed by atoms with E-state index < -0.39 is 0 Å². The van der Waals surface area contributed by atoms with Crippen molar-refractivity contribution < 1.29 is 9.53 Å². The van der Waals surface area contributed by atoms with E-state index in [9.17, 15) is 4.79 Å². The van der Waals surface area contributed by atoms with E-state index >= 15 is 0 Å². The Morgan fingerprint density at radius 2 is 2.10 bits per heavy atom. The molecule has 1 saturated heterocycles. The summed E-state index contributed by atoms with van der Waals surface area (Å²) < 4.78 is 5.46. The number of amides is 1. The van der Waals surface area contributed by atoms with Gasteiger partial charge in [-0.3, -0.25) is 9.69 Å². The minimum Gasteiger partial charge on any atom is -0.496 e. The zero-order valence-corrected chi connectivity index (χ0v) is 12.8. The summed E-state index contributed by atoms with van der Waals surface area (Å²) in [6.45, 7) is 2.79. The van der Waals surface area contributed by atoms with E-state index in [2.05, 4.69) is 4.90 Å². The average Bonchev–Trinajstić information content (AvgIpc) is 2.48. The molecule has 5 nitrogen and oxygen atoms in total. The molecule has 2 rings (SSSR count). The first-order valence-electron chi connectivity index (χ1n) is 7.49. The molecule has 21 heavy (non-hydrogen) atoms. The zero-order chi connectivity index (χ0) is 15.4. The summed E-state index contributed by atoms with van der Waals surface area (Å²) >= 11 is 0. The van der Waals surface area contributed by atoms with Gasteiger partial charge in [-0.1, -0.05) is 24.6 Å². The van der Waals surface area contributed by atoms with Gasteiger partial charge in [-0.05, 0) is 32.4 Å². The normalized spacial score (nSPS) is 22.5. The highest BCUT2D eigenvalue weighted by molar-refractivity contribution is 5.80. The Morgan fingerprint density at radius 3 is 2.71 bits per heavy atom. The summed E-state index contributed by atoms with van der Waals surface area (Å²) in [6.07, 6.45) is 2.89. The number of methoxy groups -OCH3 is 1. The second-order valence-corrected chi connectivity index (χ2v) is 5.70. The van der Waals surface area contributed by atoms with Crippen LogP contribution < -0.4 is 16.2 Å². The molecule has 0 bridgehead atoms. The standard InChI is InChI=1S/C16H25N3O2/c1-11(17)15(12-7-3-4-9-14(12)21-2)19-10-6-5-8-13(19)16(18)20/h3-4,7,9,11,13,15H,5-6,8,10,17H2,1-2H3,(H2,18,20). The second-order valence-electron chi connectivity index (χ2n) is 5.70. The topological polar surface area (TPSA) is 81.6 Å². The molecule has 1 fully saturated rings. The largest absolute Gasteiger partial charge is 0.496 e. The molecule has 5 heteroatoms. The molecule has 1 aromatic rings. The molecule has 1 amide bonds. The maximum Gasteiger partial charge on any atom is 0.234 e. The van der Waals surface area contributed by atoms with Gasteiger partial charge in [-0.2, -0.15) is 0 Å². The van der Waals surface area contributed by atoms with E-state index in [1.165, 1.54) is 0 Å². The Balaban J connectivity index is 2.40. The monoisotopic (exact) mass is 291 g/mol. The Bertz CT molecular complexity index is 490. The van der Waals surface area contributed by atoms with Crippen LogP contribution >= 0.6 is 0 Å². The lowest BCUT2D eigenvalue weighted by Crippen LogP contribution is -2.52. The van der Waals surface area contributed by atoms with Gasteiger partial charge in [0.15, 0.2) is 0 Å². The second kappa shape index (κ2) is 6.91. The van der Waals surface area contributed by atoms with E-state index in [4.69, 9.17) is 16.2 Å². The number of hydrogen-bond acceptors (Lipinski definition) is 4. The van der Waals surface area contributed by atoms with Gasteiger partial charge in [-0.25, -0.2) is 0 Å². The maximum atomic E-state index is 11.8. The molecule has 0 radical (unpaired) electrons. The first-order valence-corrected chi connectivity index (χ1v) is 7.49. The lowest BCUT2D eigenvalue weighted by Gasteiger charge is -2.42. The van der Waals surface area contributed by atoms with Crippen LogP contribution in [0.4, 0.5) is 0 Å². The summed E-state index contributed by atoms with van der Waals surface area (Å²) in [6, 6.07) is 7.39. The molecule has 0 aromatic heterocycles. The van der Waals surface area contributed by atoms with Crippen molar-refractivity contribution in [2.24, 2.45) is 11.5 Å². The number of primary amides is 1. The van der Waals surface area contributed by atoms with E-state index in [1.807, 2.05) is 31.2 Å². The van der Waals surface area contributed by atoms with E-state index in [0.29, 0.717) is 0 Å². The van der Waals surface area contributed by atoms with Gasteiger partial charge < -0.3 is 16.2 Å². The van der Waals surface area contributed by atoms with Gasteiger partial charge in [0.25, 0.3) is 0 Å². The predicted molar refractivity (Wildman–Crippen MR) is 82.9 cm³/mol. The quantitative estimate of drug-likeness (QED) is 0.859. The van der Waals surface area contributed by atoms with E-state index in [-0.39, 0.29) is 24.0 Å². The summed E-state index contributed by atoms with van der Waals surface area (Å²) in [5, 5.41) is 0. The molecule has 3 unspecified atom stereocenters. The Labute approximate surface area is 126 Å². The number of para-hydroxylation sites is 1. The van der Waals surface area contributed by atoms with Crippen molar-refractivity contribution in [2.75, 3.05) is 13.7 Å². The first-order chi connectivity index (χ1) is 10.1. The van der Waals surface area contributed by atoms with Crippen LogP contribution in [-0.4, -0.2) is 36.5 Å². The van der Waals surface area contributed by atoms with Crippen molar-refractivity contribution in [3.05, 3.63) is 29.8 Å². The Hall–Kier alpha value is -1.59. The highest BCUT2D eigenvalue weighted by Crippen LogP contribution is 2.35. The number of rotatable bonds is 5. The first kappa shape index (κ1) is 15.8. The number of nitrogens with zero attached hydrogens (tertiary/aromatic N) is 1. The van der Waals surface area contributed by atoms with Crippen LogP contribution in [0.25, 0.3) is 0 Å². The fourth-order valence-electron chi connectivity index (χ4n) is 3.27. The molecular weight excluding hydrogens is 266 g/mol. The SMILES string of the molecule is COc1ccccc1C(C(C)N)N1CCCCC1C(N)=O. The summed E-state index contributed by atoms with van der Waals surface area (Å²) in [5.41, 5.74) is 12.8. The molecule has 116 valence electrons. The van der Waals surface area contributed by atoms with Crippen molar-refractivity contribution in [1.82, 2.24) is 4.90 Å². The molecule has 0 aliphatic carbocycles. The lowest BCUT2D eigenvalue weighted by molar-refractivity contribution is -0.125. The average molecular weight is 291 g/mol. The van der Waals surface area contributed by atoms with Crippen LogP contribution in [0.3, 0.4) is 0 Å². The molecule has 3 atom stereocenters. The van der Waals surface area contributed by atoms with Crippen molar-refractivity contribution >= 4 is 5.91 Å². The number of carbonyl (C=O) groups is 1. The third kappa shape index (κ3) is 3.36. The highest BCUT2D eigenvalue weighted by Gasteiger charge is 2.35. The van der Waals surface area contributed by atoms with Crippen molar-refractivity contribution in [1.29, 1.82) is 0 Å². The van der Waals surface area contributed by atoms with Crippen LogP contribution in [0.2, 0.25) is 0 Å². The summed E-state index contributed by atoms with van der Waals surface area (Å²) in [5.74, 6) is 0.531. The van der Waals surface area contributed by atoms with Crippen LogP contribution in [0.5, 0.6) is 5.75 Å². The van der Waals surface area contributed by atoms with Gasteiger partial charge in [-0.15, -0.1) is 0 Å². The molecule has 4 N–H and O–H groups in total. The summed E-state index contributed by atoms with van der Waals surface area (Å²) in [4.78, 5) is 13.9. The van der Waals surface area contributed by atoms with Crippen LogP contribution in [0.1, 0.15) is 37.8 Å². The molecule has 0 spiro atoms. The lowest BCUT2D eigenvalue weighted by atomic mass is 9.92. The number of carbonyl (C=O) groups excluding carboxylic acids is 1. The van der Waals surface area contributed by atoms with Crippen molar-refractivity contribution in [3.8, 4) is 5.75 Å². The maximum absolute atomic E-state index is 11.8. The number of nitrogens with two attached hydrogens (primary N) is 2. The molecule has 0 saturated carbocycles. The summed E-state index contributed by atoms with van der Waals surface area (Å²) in [7, 11) is 1.65. The highest BCUT2D eigenvalue weighted by atomic mass is 16.5. The van der Waals surface area contributed by atoms with Gasteiger partial charge in [0, 0.05) is 11.6 Å². The van der Waals surface area contributed by atoms with Crippen LogP contribution in [0.15, 0.2) is 24.3 Å². The third-order valence-corrected chi connectivity index (χ3v) is 4.19. The van der Waals surface area contributed by atoms with E-state index in [0.717, 1.165) is 37.1 Å². The van der Waals surface area contributed by atoms with Gasteiger partial charge in [0.2, 0.25) is 5.91 Å². The Morgan fingerprint density at radius 1 is 1.38 bits per heavy atom. The third-order valence-electron chi connectivity index (χ3n) is 4.19. The Kier molecular flexibility index (Phi) is 5.20. The predicted octanol–water partition coefficient (Wildman–Crippen LogP) is 1.42. The number of hydrogen-bond donors (Lipinski definition) is 2. The number of piperidine rings is 1. The number of benzene rings is 1. The van der Waals surface area contributed by atoms with Gasteiger partial charge in [0.05, 0.1) is 19.2 Å². The van der Waals surface area contributed by atoms with Crippen molar-refractivity contribution in [2.45, 2.75) is 44.3 Å². The molecule has 1 heterocycles. The molecule has 1 aliphatic heterocycles. The fourth-order valence-corrected chi connectivity index (χ4v) is 3.27. The smallest absolute Gasteiger partial charge is 0.234 e. The van der Waals surface area contributed by atoms with E-state index in [1.54, 1.807) is 7.11 Å². The van der Waals surface area contributed by atoms with Crippen LogP contribution in [-0.2, 0) is 4.79 Å². The number of likely N-dealkylation sites (tertiary alicyclic amines) is 1. The van der Waals surface area contributed by atoms with Crippen molar-refractivity contribution in [3.63, 3.8) is 0 Å². The zero-order valence-electron chi connectivity index (χ0n) is 12.8. The molecular formula is C16H25N3O2. The van der Waals surface area contributed by atoms with Crippen LogP contribution in [0, 0.1) is 0 Å². The minimum atomic E-state index is -0.268. The molecule has 1 aromatic carbocycles. The minimum absolute atomic E-state index is 0.0704. The molecule has 1 aliphatic rings.